The first kappa shape index (κ1) is 14.3. The van der Waals surface area contributed by atoms with E-state index in [1.165, 1.54) is 37.4 Å². The Morgan fingerprint density at radius 1 is 1.47 bits per heavy atom. The smallest absolute Gasteiger partial charge is 0.338 e. The second kappa shape index (κ2) is 6.91. The molecule has 1 heterocycles. The fourth-order valence-electron chi connectivity index (χ4n) is 2.54. The van der Waals surface area contributed by atoms with Crippen LogP contribution in [0.25, 0.3) is 0 Å². The van der Waals surface area contributed by atoms with Gasteiger partial charge in [0.1, 0.15) is 5.03 Å². The predicted octanol–water partition coefficient (Wildman–Crippen LogP) is 2.81. The average Bonchev–Trinajstić information content (AvgIpc) is 2.89. The number of hydrogen-bond acceptors (Lipinski definition) is 4. The maximum Gasteiger partial charge on any atom is 0.338 e. The quantitative estimate of drug-likeness (QED) is 0.785. The van der Waals surface area contributed by atoms with Crippen molar-refractivity contribution in [2.24, 2.45) is 5.92 Å². The molecule has 0 saturated heterocycles. The molecule has 1 aliphatic rings. The molecule has 1 unspecified atom stereocenters. The van der Waals surface area contributed by atoms with E-state index >= 15 is 0 Å². The van der Waals surface area contributed by atoms with Gasteiger partial charge in [0, 0.05) is 11.9 Å². The monoisotopic (exact) mass is 281 g/mol. The van der Waals surface area contributed by atoms with Crippen LogP contribution in [-0.4, -0.2) is 33.0 Å². The minimum absolute atomic E-state index is 0.209. The average molecular weight is 281 g/mol. The number of hydrogen-bond donors (Lipinski definition) is 2. The first-order chi connectivity index (χ1) is 9.16. The van der Waals surface area contributed by atoms with Gasteiger partial charge in [-0.05, 0) is 24.5 Å². The highest BCUT2D eigenvalue weighted by molar-refractivity contribution is 7.99. The first-order valence-corrected chi connectivity index (χ1v) is 7.64. The topological polar surface area (TPSA) is 70.4 Å². The summed E-state index contributed by atoms with van der Waals surface area (Å²) in [6, 6.07) is 3.16. The van der Waals surface area contributed by atoms with Crippen molar-refractivity contribution in [2.75, 3.05) is 5.75 Å². The molecule has 2 N–H and O–H groups in total. The molecule has 104 valence electrons. The molecule has 1 saturated carbocycles. The number of rotatable bonds is 6. The molecule has 4 nitrogen and oxygen atoms in total. The fourth-order valence-corrected chi connectivity index (χ4v) is 3.48. The highest BCUT2D eigenvalue weighted by atomic mass is 32.2. The van der Waals surface area contributed by atoms with Gasteiger partial charge in [0.2, 0.25) is 0 Å². The Kier molecular flexibility index (Phi) is 5.22. The molecule has 1 aliphatic carbocycles. The molecule has 0 aliphatic heterocycles. The van der Waals surface area contributed by atoms with Gasteiger partial charge < -0.3 is 10.2 Å². The third-order valence-corrected chi connectivity index (χ3v) is 4.64. The number of aromatic nitrogens is 1. The maximum atomic E-state index is 11.0. The molecule has 0 amide bonds. The lowest BCUT2D eigenvalue weighted by Gasteiger charge is -2.15. The predicted molar refractivity (Wildman–Crippen MR) is 74.5 cm³/mol. The second-order valence-electron chi connectivity index (χ2n) is 5.01. The molecule has 0 bridgehead atoms. The van der Waals surface area contributed by atoms with Crippen molar-refractivity contribution >= 4 is 17.7 Å². The number of pyridine rings is 1. The Labute approximate surface area is 117 Å². The largest absolute Gasteiger partial charge is 0.478 e. The SMILES string of the molecule is O=C(O)c1cccnc1SCC(O)CC1CCCC1. The van der Waals surface area contributed by atoms with Crippen LogP contribution in [0.2, 0.25) is 0 Å². The number of carbonyl (C=O) groups is 1. The highest BCUT2D eigenvalue weighted by Gasteiger charge is 2.20. The van der Waals surface area contributed by atoms with Gasteiger partial charge in [0.05, 0.1) is 11.7 Å². The summed E-state index contributed by atoms with van der Waals surface area (Å²) in [6.07, 6.45) is 7.00. The minimum atomic E-state index is -0.971. The summed E-state index contributed by atoms with van der Waals surface area (Å²) in [7, 11) is 0. The van der Waals surface area contributed by atoms with E-state index in [0.29, 0.717) is 16.7 Å². The van der Waals surface area contributed by atoms with Crippen molar-refractivity contribution in [3.63, 3.8) is 0 Å². The van der Waals surface area contributed by atoms with Crippen LogP contribution >= 0.6 is 11.8 Å². The maximum absolute atomic E-state index is 11.0. The van der Waals surface area contributed by atoms with E-state index in [0.717, 1.165) is 6.42 Å². The third kappa shape index (κ3) is 4.21. The van der Waals surface area contributed by atoms with Crippen molar-refractivity contribution < 1.29 is 15.0 Å². The van der Waals surface area contributed by atoms with Crippen molar-refractivity contribution in [3.05, 3.63) is 23.9 Å². The van der Waals surface area contributed by atoms with Crippen molar-refractivity contribution in [3.8, 4) is 0 Å². The third-order valence-electron chi connectivity index (χ3n) is 3.49. The zero-order chi connectivity index (χ0) is 13.7. The summed E-state index contributed by atoms with van der Waals surface area (Å²) >= 11 is 1.32. The molecule has 1 atom stereocenters. The summed E-state index contributed by atoms with van der Waals surface area (Å²) in [5.74, 6) is 0.174. The molecule has 1 fully saturated rings. The molecule has 2 rings (SSSR count). The zero-order valence-corrected chi connectivity index (χ0v) is 11.6. The fraction of sp³-hybridized carbons (Fsp3) is 0.571. The van der Waals surface area contributed by atoms with E-state index in [4.69, 9.17) is 5.11 Å². The lowest BCUT2D eigenvalue weighted by molar-refractivity contribution is 0.0692. The molecule has 1 aromatic heterocycles. The van der Waals surface area contributed by atoms with Crippen LogP contribution < -0.4 is 0 Å². The Morgan fingerprint density at radius 2 is 2.21 bits per heavy atom. The Bertz CT molecular complexity index is 432. The second-order valence-corrected chi connectivity index (χ2v) is 6.02. The van der Waals surface area contributed by atoms with E-state index in [9.17, 15) is 9.90 Å². The number of nitrogens with zero attached hydrogens (tertiary/aromatic N) is 1. The van der Waals surface area contributed by atoms with Gasteiger partial charge in [-0.25, -0.2) is 9.78 Å². The molecule has 0 radical (unpaired) electrons. The zero-order valence-electron chi connectivity index (χ0n) is 10.8. The molecule has 1 aromatic rings. The normalized spacial score (nSPS) is 17.5. The van der Waals surface area contributed by atoms with Gasteiger partial charge in [0.25, 0.3) is 0 Å². The first-order valence-electron chi connectivity index (χ1n) is 6.66. The summed E-state index contributed by atoms with van der Waals surface area (Å²) < 4.78 is 0. The van der Waals surface area contributed by atoms with Gasteiger partial charge in [-0.1, -0.05) is 25.7 Å². The number of aromatic carboxylic acids is 1. The van der Waals surface area contributed by atoms with E-state index in [2.05, 4.69) is 4.98 Å². The van der Waals surface area contributed by atoms with Crippen molar-refractivity contribution in [1.29, 1.82) is 0 Å². The summed E-state index contributed by atoms with van der Waals surface area (Å²) in [6.45, 7) is 0. The van der Waals surface area contributed by atoms with Crippen LogP contribution in [0, 0.1) is 5.92 Å². The molecular weight excluding hydrogens is 262 g/mol. The van der Waals surface area contributed by atoms with Gasteiger partial charge in [0.15, 0.2) is 0 Å². The van der Waals surface area contributed by atoms with Crippen molar-refractivity contribution in [1.82, 2.24) is 4.98 Å². The minimum Gasteiger partial charge on any atom is -0.478 e. The highest BCUT2D eigenvalue weighted by Crippen LogP contribution is 2.30. The molecule has 5 heteroatoms. The summed E-state index contributed by atoms with van der Waals surface area (Å²) in [5, 5.41) is 19.5. The van der Waals surface area contributed by atoms with Crippen LogP contribution in [0.1, 0.15) is 42.5 Å². The number of aliphatic hydroxyl groups is 1. The molecule has 0 spiro atoms. The number of aliphatic hydroxyl groups excluding tert-OH is 1. The molecule has 0 aromatic carbocycles. The Balaban J connectivity index is 1.85. The van der Waals surface area contributed by atoms with E-state index < -0.39 is 5.97 Å². The lowest BCUT2D eigenvalue weighted by atomic mass is 10.0. The number of carboxylic acid groups (broad SMARTS) is 1. The number of carboxylic acids is 1. The van der Waals surface area contributed by atoms with Gasteiger partial charge in [-0.2, -0.15) is 0 Å². The number of thioether (sulfide) groups is 1. The summed E-state index contributed by atoms with van der Waals surface area (Å²) in [4.78, 5) is 15.1. The van der Waals surface area contributed by atoms with Crippen LogP contribution in [0.5, 0.6) is 0 Å². The van der Waals surface area contributed by atoms with Gasteiger partial charge >= 0.3 is 5.97 Å². The summed E-state index contributed by atoms with van der Waals surface area (Å²) in [5.41, 5.74) is 0.209. The van der Waals surface area contributed by atoms with Crippen LogP contribution in [0.3, 0.4) is 0 Å². The van der Waals surface area contributed by atoms with E-state index in [1.54, 1.807) is 18.3 Å². The van der Waals surface area contributed by atoms with Crippen LogP contribution in [-0.2, 0) is 0 Å². The van der Waals surface area contributed by atoms with Crippen LogP contribution in [0.4, 0.5) is 0 Å². The van der Waals surface area contributed by atoms with E-state index in [-0.39, 0.29) is 11.7 Å². The lowest BCUT2D eigenvalue weighted by Crippen LogP contribution is -2.15. The molecular formula is C14H19NO3S. The van der Waals surface area contributed by atoms with E-state index in [1.807, 2.05) is 0 Å². The molecule has 19 heavy (non-hydrogen) atoms. The van der Waals surface area contributed by atoms with Gasteiger partial charge in [-0.3, -0.25) is 0 Å². The Morgan fingerprint density at radius 3 is 2.89 bits per heavy atom. The van der Waals surface area contributed by atoms with Crippen LogP contribution in [0.15, 0.2) is 23.4 Å². The van der Waals surface area contributed by atoms with Crippen molar-refractivity contribution in [2.45, 2.75) is 43.2 Å². The standard InChI is InChI=1S/C14H19NO3S/c16-11(8-10-4-1-2-5-10)9-19-13-12(14(17)18)6-3-7-15-13/h3,6-7,10-11,16H,1-2,4-5,8-9H2,(H,17,18). The Hall–Kier alpha value is -1.07. The van der Waals surface area contributed by atoms with Gasteiger partial charge in [-0.15, -0.1) is 11.8 Å².